The van der Waals surface area contributed by atoms with Crippen molar-refractivity contribution in [1.82, 2.24) is 15.1 Å². The van der Waals surface area contributed by atoms with Gasteiger partial charge in [0, 0.05) is 59.0 Å². The van der Waals surface area contributed by atoms with E-state index in [1.165, 1.54) is 12.0 Å². The number of hydrogen-bond acceptors (Lipinski definition) is 4. The van der Waals surface area contributed by atoms with Gasteiger partial charge < -0.3 is 19.7 Å². The first kappa shape index (κ1) is 24.4. The molecule has 1 N–H and O–H groups in total. The van der Waals surface area contributed by atoms with E-state index in [0.29, 0.717) is 6.10 Å². The zero-order chi connectivity index (χ0) is 19.4. The van der Waals surface area contributed by atoms with Gasteiger partial charge in [0.2, 0.25) is 0 Å². The van der Waals surface area contributed by atoms with Crippen molar-refractivity contribution in [1.29, 1.82) is 0 Å². The topological polar surface area (TPSA) is 49.3 Å². The highest BCUT2D eigenvalue weighted by Gasteiger charge is 2.19. The molecule has 3 rings (SSSR count). The Morgan fingerprint density at radius 2 is 2.00 bits per heavy atom. The summed E-state index contributed by atoms with van der Waals surface area (Å²) in [7, 11) is 0. The molecule has 7 heteroatoms. The predicted molar refractivity (Wildman–Crippen MR) is 129 cm³/mol. The molecular weight excluding hydrogens is 479 g/mol. The number of nitrogens with one attached hydrogen (secondary N) is 1. The number of ether oxygens (including phenoxy) is 2. The number of piperazine rings is 1. The van der Waals surface area contributed by atoms with Gasteiger partial charge in [-0.15, -0.1) is 24.0 Å². The summed E-state index contributed by atoms with van der Waals surface area (Å²) in [5, 5.41) is 3.45. The molecule has 1 unspecified atom stereocenters. The Kier molecular flexibility index (Phi) is 11.9. The normalized spacial score (nSPS) is 20.5. The van der Waals surface area contributed by atoms with Gasteiger partial charge in [0.25, 0.3) is 0 Å². The summed E-state index contributed by atoms with van der Waals surface area (Å²) in [6, 6.07) is 10.7. The van der Waals surface area contributed by atoms with E-state index in [9.17, 15) is 0 Å². The zero-order valence-corrected chi connectivity index (χ0v) is 20.1. The van der Waals surface area contributed by atoms with Gasteiger partial charge in [0.05, 0.1) is 12.7 Å². The van der Waals surface area contributed by atoms with E-state index < -0.39 is 0 Å². The van der Waals surface area contributed by atoms with Gasteiger partial charge in [-0.3, -0.25) is 9.89 Å². The Balaban J connectivity index is 0.00000300. The number of benzene rings is 1. The molecule has 1 aromatic carbocycles. The van der Waals surface area contributed by atoms with Crippen molar-refractivity contribution in [3.63, 3.8) is 0 Å². The largest absolute Gasteiger partial charge is 0.379 e. The fourth-order valence-corrected chi connectivity index (χ4v) is 3.73. The van der Waals surface area contributed by atoms with Crippen LogP contribution in [0.25, 0.3) is 0 Å². The molecule has 2 fully saturated rings. The maximum absolute atomic E-state index is 5.74. The molecule has 1 atom stereocenters. The fraction of sp³-hybridized carbons (Fsp3) is 0.682. The highest BCUT2D eigenvalue weighted by atomic mass is 127. The Morgan fingerprint density at radius 3 is 2.69 bits per heavy atom. The first-order valence-corrected chi connectivity index (χ1v) is 10.8. The van der Waals surface area contributed by atoms with Crippen molar-refractivity contribution in [2.24, 2.45) is 4.99 Å². The summed E-state index contributed by atoms with van der Waals surface area (Å²) in [5.41, 5.74) is 1.39. The van der Waals surface area contributed by atoms with Gasteiger partial charge >= 0.3 is 0 Å². The Bertz CT molecular complexity index is 573. The molecule has 2 heterocycles. The first-order chi connectivity index (χ1) is 13.8. The number of guanidine groups is 1. The standard InChI is InChI=1S/C22H36N4O2.HI/c1-2-23-22(24-11-7-16-27-19-21-10-6-17-28-21)26-14-12-25(13-15-26)18-20-8-4-3-5-9-20;/h3-5,8-9,21H,2,6-7,10-19H2,1H3,(H,23,24);1H. The Morgan fingerprint density at radius 1 is 1.21 bits per heavy atom. The van der Waals surface area contributed by atoms with Crippen LogP contribution in [0.3, 0.4) is 0 Å². The monoisotopic (exact) mass is 516 g/mol. The average Bonchev–Trinajstić information content (AvgIpc) is 3.25. The van der Waals surface area contributed by atoms with Crippen LogP contribution >= 0.6 is 24.0 Å². The summed E-state index contributed by atoms with van der Waals surface area (Å²) < 4.78 is 11.3. The van der Waals surface area contributed by atoms with Crippen LogP contribution in [0.5, 0.6) is 0 Å². The lowest BCUT2D eigenvalue weighted by molar-refractivity contribution is 0.0170. The van der Waals surface area contributed by atoms with Crippen molar-refractivity contribution in [3.05, 3.63) is 35.9 Å². The molecular formula is C22H37IN4O2. The van der Waals surface area contributed by atoms with Crippen LogP contribution in [0.2, 0.25) is 0 Å². The third-order valence-corrected chi connectivity index (χ3v) is 5.29. The van der Waals surface area contributed by atoms with Crippen LogP contribution in [-0.2, 0) is 16.0 Å². The van der Waals surface area contributed by atoms with Crippen LogP contribution in [0.4, 0.5) is 0 Å². The first-order valence-electron chi connectivity index (χ1n) is 10.8. The van der Waals surface area contributed by atoms with Crippen LogP contribution in [0.1, 0.15) is 31.7 Å². The number of halogens is 1. The van der Waals surface area contributed by atoms with Gasteiger partial charge in [0.1, 0.15) is 0 Å². The third kappa shape index (κ3) is 8.78. The molecule has 0 radical (unpaired) electrons. The van der Waals surface area contributed by atoms with Gasteiger partial charge in [-0.1, -0.05) is 30.3 Å². The Hall–Kier alpha value is -0.900. The number of aliphatic imine (C=N–C) groups is 1. The molecule has 0 spiro atoms. The van der Waals surface area contributed by atoms with Gasteiger partial charge in [-0.05, 0) is 31.7 Å². The lowest BCUT2D eigenvalue weighted by atomic mass is 10.2. The molecule has 0 amide bonds. The van der Waals surface area contributed by atoms with Crippen LogP contribution in [0.15, 0.2) is 35.3 Å². The van der Waals surface area contributed by atoms with Crippen molar-refractivity contribution >= 4 is 29.9 Å². The number of nitrogens with zero attached hydrogens (tertiary/aromatic N) is 3. The third-order valence-electron chi connectivity index (χ3n) is 5.29. The average molecular weight is 516 g/mol. The van der Waals surface area contributed by atoms with Gasteiger partial charge in [-0.25, -0.2) is 0 Å². The highest BCUT2D eigenvalue weighted by Crippen LogP contribution is 2.12. The van der Waals surface area contributed by atoms with E-state index in [2.05, 4.69) is 52.4 Å². The lowest BCUT2D eigenvalue weighted by Crippen LogP contribution is -2.52. The second kappa shape index (κ2) is 14.2. The minimum Gasteiger partial charge on any atom is -0.379 e. The van der Waals surface area contributed by atoms with E-state index in [-0.39, 0.29) is 24.0 Å². The summed E-state index contributed by atoms with van der Waals surface area (Å²) in [4.78, 5) is 9.73. The molecule has 1 aromatic rings. The van der Waals surface area contributed by atoms with Gasteiger partial charge in [-0.2, -0.15) is 0 Å². The number of hydrogen-bond donors (Lipinski definition) is 1. The van der Waals surface area contributed by atoms with Crippen molar-refractivity contribution in [2.45, 2.75) is 38.8 Å². The maximum Gasteiger partial charge on any atom is 0.194 e. The van der Waals surface area contributed by atoms with E-state index in [0.717, 1.165) is 84.4 Å². The molecule has 2 saturated heterocycles. The molecule has 0 aromatic heterocycles. The van der Waals surface area contributed by atoms with Crippen molar-refractivity contribution < 1.29 is 9.47 Å². The minimum atomic E-state index is 0. The zero-order valence-electron chi connectivity index (χ0n) is 17.7. The summed E-state index contributed by atoms with van der Waals surface area (Å²) >= 11 is 0. The molecule has 29 heavy (non-hydrogen) atoms. The summed E-state index contributed by atoms with van der Waals surface area (Å²) in [6.45, 7) is 11.4. The predicted octanol–water partition coefficient (Wildman–Crippen LogP) is 2.97. The van der Waals surface area contributed by atoms with E-state index in [4.69, 9.17) is 14.5 Å². The SMILES string of the molecule is CCNC(=NCCCOCC1CCCO1)N1CCN(Cc2ccccc2)CC1.I. The van der Waals surface area contributed by atoms with E-state index >= 15 is 0 Å². The molecule has 0 saturated carbocycles. The maximum atomic E-state index is 5.74. The molecule has 2 aliphatic rings. The lowest BCUT2D eigenvalue weighted by Gasteiger charge is -2.36. The molecule has 164 valence electrons. The molecule has 0 bridgehead atoms. The molecule has 0 aliphatic carbocycles. The van der Waals surface area contributed by atoms with Gasteiger partial charge in [0.15, 0.2) is 5.96 Å². The van der Waals surface area contributed by atoms with E-state index in [1.807, 2.05) is 0 Å². The fourth-order valence-electron chi connectivity index (χ4n) is 3.73. The second-order valence-corrected chi connectivity index (χ2v) is 7.55. The smallest absolute Gasteiger partial charge is 0.194 e. The Labute approximate surface area is 193 Å². The van der Waals surface area contributed by atoms with E-state index in [1.54, 1.807) is 0 Å². The highest BCUT2D eigenvalue weighted by molar-refractivity contribution is 14.0. The number of rotatable bonds is 9. The van der Waals surface area contributed by atoms with Crippen LogP contribution < -0.4 is 5.32 Å². The molecule has 2 aliphatic heterocycles. The van der Waals surface area contributed by atoms with Crippen LogP contribution in [-0.4, -0.2) is 81.0 Å². The van der Waals surface area contributed by atoms with Crippen LogP contribution in [0, 0.1) is 0 Å². The summed E-state index contributed by atoms with van der Waals surface area (Å²) in [6.07, 6.45) is 3.57. The minimum absolute atomic E-state index is 0. The molecule has 6 nitrogen and oxygen atoms in total. The quantitative estimate of drug-likeness (QED) is 0.237. The van der Waals surface area contributed by atoms with Crippen molar-refractivity contribution in [3.8, 4) is 0 Å². The second-order valence-electron chi connectivity index (χ2n) is 7.55. The van der Waals surface area contributed by atoms with Crippen molar-refractivity contribution in [2.75, 3.05) is 59.1 Å². The summed E-state index contributed by atoms with van der Waals surface area (Å²) in [5.74, 6) is 1.04.